The second kappa shape index (κ2) is 6.82. The van der Waals surface area contributed by atoms with Gasteiger partial charge in [0.2, 0.25) is 0 Å². The molecule has 0 atom stereocenters. The molecule has 0 saturated carbocycles. The van der Waals surface area contributed by atoms with Crippen molar-refractivity contribution in [2.75, 3.05) is 12.3 Å². The van der Waals surface area contributed by atoms with Gasteiger partial charge in [-0.1, -0.05) is 23.2 Å². The Balaban J connectivity index is 1.96. The van der Waals surface area contributed by atoms with E-state index in [0.29, 0.717) is 22.2 Å². The Morgan fingerprint density at radius 1 is 1.33 bits per heavy atom. The Bertz CT molecular complexity index is 845. The van der Waals surface area contributed by atoms with Crippen LogP contribution in [-0.4, -0.2) is 32.9 Å². The third-order valence-corrected chi connectivity index (χ3v) is 5.64. The first-order chi connectivity index (χ1) is 11.4. The lowest BCUT2D eigenvalue weighted by Crippen LogP contribution is -2.27. The highest BCUT2D eigenvalue weighted by atomic mass is 35.5. The van der Waals surface area contributed by atoms with E-state index in [9.17, 15) is 4.79 Å². The second-order valence-corrected chi connectivity index (χ2v) is 7.58. The van der Waals surface area contributed by atoms with Crippen molar-refractivity contribution in [3.8, 4) is 0 Å². The molecule has 0 N–H and O–H groups in total. The quantitative estimate of drug-likeness (QED) is 0.766. The van der Waals surface area contributed by atoms with Gasteiger partial charge in [-0.25, -0.2) is 0 Å². The highest BCUT2D eigenvalue weighted by Gasteiger charge is 2.27. The van der Waals surface area contributed by atoms with E-state index < -0.39 is 0 Å². The van der Waals surface area contributed by atoms with E-state index in [-0.39, 0.29) is 5.91 Å². The van der Waals surface area contributed by atoms with Crippen molar-refractivity contribution in [2.24, 2.45) is 7.05 Å². The number of halogens is 2. The molecule has 1 aromatic carbocycles. The third kappa shape index (κ3) is 3.21. The SMILES string of the molecule is Cc1nn(C)c(C)c1/C=C1/SCCN1C(=O)c1ccc(Cl)cc1Cl. The number of thioether (sulfide) groups is 1. The number of hydrogen-bond acceptors (Lipinski definition) is 3. The minimum Gasteiger partial charge on any atom is -0.302 e. The minimum absolute atomic E-state index is 0.105. The van der Waals surface area contributed by atoms with Crippen LogP contribution in [0.25, 0.3) is 6.08 Å². The van der Waals surface area contributed by atoms with Crippen LogP contribution < -0.4 is 0 Å². The molecule has 0 spiro atoms. The number of nitrogens with zero attached hydrogens (tertiary/aromatic N) is 3. The van der Waals surface area contributed by atoms with Gasteiger partial charge in [0, 0.05) is 35.6 Å². The van der Waals surface area contributed by atoms with Gasteiger partial charge >= 0.3 is 0 Å². The first-order valence-corrected chi connectivity index (χ1v) is 9.24. The van der Waals surface area contributed by atoms with E-state index in [2.05, 4.69) is 5.10 Å². The molecule has 2 heterocycles. The van der Waals surface area contributed by atoms with Gasteiger partial charge in [0.05, 0.1) is 21.3 Å². The summed E-state index contributed by atoms with van der Waals surface area (Å²) in [6.45, 7) is 4.65. The van der Waals surface area contributed by atoms with Crippen LogP contribution in [0.1, 0.15) is 27.3 Å². The molecule has 1 amide bonds. The third-order valence-electron chi connectivity index (χ3n) is 4.07. The fourth-order valence-electron chi connectivity index (χ4n) is 2.68. The average Bonchev–Trinajstić information content (AvgIpc) is 3.07. The molecule has 1 aliphatic rings. The molecule has 1 fully saturated rings. The fraction of sp³-hybridized carbons (Fsp3) is 0.294. The molecule has 4 nitrogen and oxygen atoms in total. The van der Waals surface area contributed by atoms with E-state index in [1.165, 1.54) is 0 Å². The van der Waals surface area contributed by atoms with Crippen LogP contribution in [0.3, 0.4) is 0 Å². The van der Waals surface area contributed by atoms with Gasteiger partial charge in [-0.2, -0.15) is 5.10 Å². The molecular formula is C17H17Cl2N3OS. The number of aromatic nitrogens is 2. The number of hydrogen-bond donors (Lipinski definition) is 0. The van der Waals surface area contributed by atoms with Gasteiger partial charge < -0.3 is 4.90 Å². The number of rotatable bonds is 2. The Morgan fingerprint density at radius 2 is 2.08 bits per heavy atom. The monoisotopic (exact) mass is 381 g/mol. The number of amides is 1. The highest BCUT2D eigenvalue weighted by Crippen LogP contribution is 2.33. The normalized spacial score (nSPS) is 16.2. The van der Waals surface area contributed by atoms with E-state index >= 15 is 0 Å². The lowest BCUT2D eigenvalue weighted by Gasteiger charge is -2.18. The Kier molecular flexibility index (Phi) is 4.95. The number of carbonyl (C=O) groups excluding carboxylic acids is 1. The van der Waals surface area contributed by atoms with E-state index in [0.717, 1.165) is 27.7 Å². The smallest absolute Gasteiger partial charge is 0.260 e. The van der Waals surface area contributed by atoms with Crippen LogP contribution in [0.5, 0.6) is 0 Å². The van der Waals surface area contributed by atoms with Crippen LogP contribution in [-0.2, 0) is 7.05 Å². The van der Waals surface area contributed by atoms with Gasteiger partial charge in [0.15, 0.2) is 0 Å². The Hall–Kier alpha value is -1.43. The summed E-state index contributed by atoms with van der Waals surface area (Å²) in [5, 5.41) is 6.24. The lowest BCUT2D eigenvalue weighted by molar-refractivity contribution is 0.0831. The van der Waals surface area contributed by atoms with Crippen LogP contribution >= 0.6 is 35.0 Å². The number of carbonyl (C=O) groups is 1. The zero-order chi connectivity index (χ0) is 17.4. The lowest BCUT2D eigenvalue weighted by atomic mass is 10.1. The molecule has 1 aromatic heterocycles. The van der Waals surface area contributed by atoms with Crippen LogP contribution in [0.4, 0.5) is 0 Å². The summed E-state index contributed by atoms with van der Waals surface area (Å²) < 4.78 is 1.85. The van der Waals surface area contributed by atoms with Crippen molar-refractivity contribution in [3.05, 3.63) is 55.8 Å². The number of benzene rings is 1. The van der Waals surface area contributed by atoms with E-state index in [1.54, 1.807) is 34.9 Å². The summed E-state index contributed by atoms with van der Waals surface area (Å²) >= 11 is 13.8. The van der Waals surface area contributed by atoms with Gasteiger partial charge in [-0.3, -0.25) is 9.48 Å². The number of aryl methyl sites for hydroxylation is 2. The molecular weight excluding hydrogens is 365 g/mol. The van der Waals surface area contributed by atoms with Crippen LogP contribution in [0.2, 0.25) is 10.0 Å². The van der Waals surface area contributed by atoms with Crippen molar-refractivity contribution in [3.63, 3.8) is 0 Å². The van der Waals surface area contributed by atoms with Crippen molar-refractivity contribution in [1.82, 2.24) is 14.7 Å². The maximum atomic E-state index is 12.9. The maximum absolute atomic E-state index is 12.9. The molecule has 0 radical (unpaired) electrons. The molecule has 24 heavy (non-hydrogen) atoms. The molecule has 2 aromatic rings. The molecule has 1 saturated heterocycles. The Morgan fingerprint density at radius 3 is 2.71 bits per heavy atom. The van der Waals surface area contributed by atoms with E-state index in [1.807, 2.05) is 31.7 Å². The van der Waals surface area contributed by atoms with Gasteiger partial charge in [0.25, 0.3) is 5.91 Å². The summed E-state index contributed by atoms with van der Waals surface area (Å²) in [6.07, 6.45) is 2.04. The van der Waals surface area contributed by atoms with Crippen molar-refractivity contribution in [1.29, 1.82) is 0 Å². The highest BCUT2D eigenvalue weighted by molar-refractivity contribution is 8.03. The standard InChI is InChI=1S/C17H17Cl2N3OS/c1-10-14(11(2)21(3)20-10)9-16-22(6-7-24-16)17(23)13-5-4-12(18)8-15(13)19/h4-5,8-9H,6-7H2,1-3H3/b16-9+. The first-order valence-electron chi connectivity index (χ1n) is 7.50. The predicted molar refractivity (Wildman–Crippen MR) is 101 cm³/mol. The van der Waals surface area contributed by atoms with Crippen LogP contribution in [0.15, 0.2) is 23.2 Å². The molecule has 0 unspecified atom stereocenters. The first kappa shape index (κ1) is 17.4. The second-order valence-electron chi connectivity index (χ2n) is 5.62. The summed E-state index contributed by atoms with van der Waals surface area (Å²) in [6, 6.07) is 4.95. The molecule has 3 rings (SSSR count). The molecule has 126 valence electrons. The molecule has 7 heteroatoms. The fourth-order valence-corrected chi connectivity index (χ4v) is 4.19. The molecule has 1 aliphatic heterocycles. The summed E-state index contributed by atoms with van der Waals surface area (Å²) in [5.41, 5.74) is 3.55. The van der Waals surface area contributed by atoms with Crippen molar-refractivity contribution >= 4 is 46.9 Å². The summed E-state index contributed by atoms with van der Waals surface area (Å²) in [4.78, 5) is 14.6. The molecule has 0 bridgehead atoms. The zero-order valence-corrected chi connectivity index (χ0v) is 16.0. The van der Waals surface area contributed by atoms with Gasteiger partial charge in [-0.05, 0) is 38.1 Å². The largest absolute Gasteiger partial charge is 0.302 e. The summed E-state index contributed by atoms with van der Waals surface area (Å²) in [5.74, 6) is 0.758. The van der Waals surface area contributed by atoms with Crippen molar-refractivity contribution in [2.45, 2.75) is 13.8 Å². The van der Waals surface area contributed by atoms with Crippen LogP contribution in [0, 0.1) is 13.8 Å². The van der Waals surface area contributed by atoms with E-state index in [4.69, 9.17) is 23.2 Å². The summed E-state index contributed by atoms with van der Waals surface area (Å²) in [7, 11) is 1.92. The maximum Gasteiger partial charge on any atom is 0.260 e. The zero-order valence-electron chi connectivity index (χ0n) is 13.6. The topological polar surface area (TPSA) is 38.1 Å². The molecule has 0 aliphatic carbocycles. The van der Waals surface area contributed by atoms with Gasteiger partial charge in [-0.15, -0.1) is 11.8 Å². The van der Waals surface area contributed by atoms with Crippen molar-refractivity contribution < 1.29 is 4.79 Å². The average molecular weight is 382 g/mol. The predicted octanol–water partition coefficient (Wildman–Crippen LogP) is 4.53. The van der Waals surface area contributed by atoms with Gasteiger partial charge in [0.1, 0.15) is 0 Å². The Labute approximate surface area is 155 Å². The minimum atomic E-state index is -0.105.